The van der Waals surface area contributed by atoms with Crippen molar-refractivity contribution in [1.29, 1.82) is 0 Å². The quantitative estimate of drug-likeness (QED) is 0.671. The second-order valence-corrected chi connectivity index (χ2v) is 4.40. The predicted molar refractivity (Wildman–Crippen MR) is 76.6 cm³/mol. The van der Waals surface area contributed by atoms with Gasteiger partial charge in [0.15, 0.2) is 0 Å². The van der Waals surface area contributed by atoms with Crippen molar-refractivity contribution in [1.82, 2.24) is 4.98 Å². The van der Waals surface area contributed by atoms with Gasteiger partial charge in [-0.2, -0.15) is 0 Å². The highest BCUT2D eigenvalue weighted by atomic mass is 16.6. The van der Waals surface area contributed by atoms with Crippen molar-refractivity contribution in [2.45, 2.75) is 13.0 Å². The van der Waals surface area contributed by atoms with Crippen LogP contribution in [-0.2, 0) is 0 Å². The predicted octanol–water partition coefficient (Wildman–Crippen LogP) is 2.81. The molecule has 1 unspecified atom stereocenters. The third kappa shape index (κ3) is 3.46. The average molecular weight is 289 g/mol. The molecule has 0 saturated carbocycles. The van der Waals surface area contributed by atoms with E-state index in [2.05, 4.69) is 4.98 Å². The van der Waals surface area contributed by atoms with E-state index in [0.717, 1.165) is 0 Å². The van der Waals surface area contributed by atoms with E-state index < -0.39 is 4.92 Å². The fraction of sp³-hybridized carbons (Fsp3) is 0.214. The van der Waals surface area contributed by atoms with Gasteiger partial charge in [0.1, 0.15) is 11.5 Å². The zero-order valence-electron chi connectivity index (χ0n) is 11.6. The van der Waals surface area contributed by atoms with Crippen LogP contribution >= 0.6 is 0 Å². The summed E-state index contributed by atoms with van der Waals surface area (Å²) in [6.45, 7) is 1.82. The Kier molecular flexibility index (Phi) is 4.34. The second kappa shape index (κ2) is 6.19. The first kappa shape index (κ1) is 14.7. The van der Waals surface area contributed by atoms with Gasteiger partial charge in [0.25, 0.3) is 0 Å². The van der Waals surface area contributed by atoms with Gasteiger partial charge in [-0.3, -0.25) is 15.1 Å². The second-order valence-electron chi connectivity index (χ2n) is 4.40. The van der Waals surface area contributed by atoms with Crippen LogP contribution in [0.4, 0.5) is 5.69 Å². The summed E-state index contributed by atoms with van der Waals surface area (Å²) in [6.07, 6.45) is 1.48. The maximum absolute atomic E-state index is 11.1. The van der Waals surface area contributed by atoms with E-state index in [9.17, 15) is 10.1 Å². The molecule has 0 saturated heterocycles. The molecular formula is C14H15N3O4. The number of hydrogen-bond donors (Lipinski definition) is 1. The lowest BCUT2D eigenvalue weighted by Crippen LogP contribution is -2.06. The van der Waals surface area contributed by atoms with Gasteiger partial charge in [-0.25, -0.2) is 0 Å². The number of methoxy groups -OCH3 is 1. The topological polar surface area (TPSA) is 101 Å². The van der Waals surface area contributed by atoms with Gasteiger partial charge in [-0.15, -0.1) is 0 Å². The van der Waals surface area contributed by atoms with Crippen LogP contribution in [0.15, 0.2) is 36.5 Å². The lowest BCUT2D eigenvalue weighted by molar-refractivity contribution is -0.385. The molecule has 1 atom stereocenters. The summed E-state index contributed by atoms with van der Waals surface area (Å²) in [6, 6.07) is 7.57. The lowest BCUT2D eigenvalue weighted by Gasteiger charge is -2.09. The highest BCUT2D eigenvalue weighted by Crippen LogP contribution is 2.34. The van der Waals surface area contributed by atoms with Crippen molar-refractivity contribution < 1.29 is 14.4 Å². The van der Waals surface area contributed by atoms with Crippen molar-refractivity contribution in [3.05, 3.63) is 52.3 Å². The lowest BCUT2D eigenvalue weighted by atomic mass is 10.2. The normalized spacial score (nSPS) is 11.8. The highest BCUT2D eigenvalue weighted by molar-refractivity contribution is 5.52. The average Bonchev–Trinajstić information content (AvgIpc) is 2.48. The molecule has 2 rings (SSSR count). The number of nitro benzene ring substituents is 1. The molecule has 0 aliphatic rings. The molecule has 0 aliphatic heterocycles. The maximum atomic E-state index is 11.1. The summed E-state index contributed by atoms with van der Waals surface area (Å²) in [7, 11) is 1.44. The summed E-state index contributed by atoms with van der Waals surface area (Å²) in [5.74, 6) is 0.906. The third-order valence-electron chi connectivity index (χ3n) is 2.82. The Labute approximate surface area is 121 Å². The van der Waals surface area contributed by atoms with Crippen molar-refractivity contribution >= 4 is 5.69 Å². The summed E-state index contributed by atoms with van der Waals surface area (Å²) >= 11 is 0. The smallest absolute Gasteiger partial charge is 0.315 e. The third-order valence-corrected chi connectivity index (χ3v) is 2.82. The number of nitrogens with two attached hydrogens (primary N) is 1. The molecule has 0 radical (unpaired) electrons. The molecule has 0 bridgehead atoms. The van der Waals surface area contributed by atoms with Crippen molar-refractivity contribution in [2.24, 2.45) is 5.73 Å². The van der Waals surface area contributed by atoms with Crippen LogP contribution < -0.4 is 15.2 Å². The number of rotatable bonds is 5. The Morgan fingerprint density at radius 1 is 1.29 bits per heavy atom. The zero-order chi connectivity index (χ0) is 15.4. The Morgan fingerprint density at radius 3 is 2.52 bits per heavy atom. The molecule has 0 amide bonds. The first-order valence-electron chi connectivity index (χ1n) is 6.23. The molecule has 0 aliphatic carbocycles. The SMILES string of the molecule is COc1ccc(Oc2ccc(C(C)N)nc2)c([N+](=O)[O-])c1. The summed E-state index contributed by atoms with van der Waals surface area (Å²) in [5.41, 5.74) is 6.24. The van der Waals surface area contributed by atoms with Gasteiger partial charge in [-0.05, 0) is 31.2 Å². The van der Waals surface area contributed by atoms with Crippen LogP contribution in [0.1, 0.15) is 18.7 Å². The number of hydrogen-bond acceptors (Lipinski definition) is 6. The molecule has 2 N–H and O–H groups in total. The Morgan fingerprint density at radius 2 is 2.00 bits per heavy atom. The minimum atomic E-state index is -0.526. The molecule has 0 fully saturated rings. The van der Waals surface area contributed by atoms with Crippen molar-refractivity contribution in [2.75, 3.05) is 7.11 Å². The standard InChI is InChI=1S/C14H15N3O4/c1-9(15)12-5-3-11(8-16-12)21-14-6-4-10(20-2)7-13(14)17(18)19/h3-9H,15H2,1-2H3. The van der Waals surface area contributed by atoms with Crippen LogP contribution in [0.5, 0.6) is 17.2 Å². The van der Waals surface area contributed by atoms with Gasteiger partial charge in [0, 0.05) is 6.04 Å². The van der Waals surface area contributed by atoms with Crippen LogP contribution in [-0.4, -0.2) is 17.0 Å². The Balaban J connectivity index is 2.28. The van der Waals surface area contributed by atoms with E-state index in [0.29, 0.717) is 17.2 Å². The molecular weight excluding hydrogens is 274 g/mol. The molecule has 1 aromatic carbocycles. The number of pyridine rings is 1. The van der Waals surface area contributed by atoms with Crippen molar-refractivity contribution in [3.63, 3.8) is 0 Å². The monoisotopic (exact) mass is 289 g/mol. The zero-order valence-corrected chi connectivity index (χ0v) is 11.6. The van der Waals surface area contributed by atoms with Gasteiger partial charge in [0.2, 0.25) is 5.75 Å². The fourth-order valence-electron chi connectivity index (χ4n) is 1.70. The van der Waals surface area contributed by atoms with Gasteiger partial charge in [-0.1, -0.05) is 0 Å². The molecule has 2 aromatic rings. The van der Waals surface area contributed by atoms with Crippen LogP contribution in [0.3, 0.4) is 0 Å². The fourth-order valence-corrected chi connectivity index (χ4v) is 1.70. The first-order valence-corrected chi connectivity index (χ1v) is 6.23. The van der Waals surface area contributed by atoms with E-state index in [1.165, 1.54) is 25.4 Å². The van der Waals surface area contributed by atoms with Gasteiger partial charge < -0.3 is 15.2 Å². The molecule has 1 heterocycles. The maximum Gasteiger partial charge on any atom is 0.315 e. The molecule has 0 spiro atoms. The number of nitrogens with zero attached hydrogens (tertiary/aromatic N) is 2. The first-order chi connectivity index (χ1) is 10.0. The van der Waals surface area contributed by atoms with Gasteiger partial charge in [0.05, 0.1) is 30.0 Å². The highest BCUT2D eigenvalue weighted by Gasteiger charge is 2.17. The summed E-state index contributed by atoms with van der Waals surface area (Å²) in [5, 5.41) is 11.1. The van der Waals surface area contributed by atoms with E-state index in [4.69, 9.17) is 15.2 Å². The number of aromatic nitrogens is 1. The molecule has 1 aromatic heterocycles. The Hall–Kier alpha value is -2.67. The number of nitro groups is 1. The Bertz CT molecular complexity index is 641. The summed E-state index contributed by atoms with van der Waals surface area (Å²) in [4.78, 5) is 14.7. The van der Waals surface area contributed by atoms with Crippen LogP contribution in [0, 0.1) is 10.1 Å². The molecule has 21 heavy (non-hydrogen) atoms. The van der Waals surface area contributed by atoms with Crippen LogP contribution in [0.2, 0.25) is 0 Å². The minimum absolute atomic E-state index is 0.121. The molecule has 110 valence electrons. The van der Waals surface area contributed by atoms with E-state index in [1.54, 1.807) is 18.2 Å². The van der Waals surface area contributed by atoms with E-state index in [1.807, 2.05) is 6.92 Å². The van der Waals surface area contributed by atoms with Crippen LogP contribution in [0.25, 0.3) is 0 Å². The molecule has 7 heteroatoms. The number of benzene rings is 1. The minimum Gasteiger partial charge on any atom is -0.496 e. The van der Waals surface area contributed by atoms with E-state index in [-0.39, 0.29) is 17.5 Å². The van der Waals surface area contributed by atoms with E-state index >= 15 is 0 Å². The largest absolute Gasteiger partial charge is 0.496 e. The summed E-state index contributed by atoms with van der Waals surface area (Å²) < 4.78 is 10.5. The molecule has 7 nitrogen and oxygen atoms in total. The van der Waals surface area contributed by atoms with Gasteiger partial charge >= 0.3 is 5.69 Å². The number of ether oxygens (including phenoxy) is 2. The van der Waals surface area contributed by atoms with Crippen molar-refractivity contribution in [3.8, 4) is 17.2 Å².